The second-order valence-corrected chi connectivity index (χ2v) is 5.73. The van der Waals surface area contributed by atoms with Crippen LogP contribution in [0.4, 0.5) is 4.39 Å². The molecule has 0 fully saturated rings. The molecule has 0 bridgehead atoms. The van der Waals surface area contributed by atoms with Crippen molar-refractivity contribution in [1.82, 2.24) is 5.32 Å². The lowest BCUT2D eigenvalue weighted by atomic mass is 10.2. The van der Waals surface area contributed by atoms with Gasteiger partial charge in [0.25, 0.3) is 5.91 Å². The molecule has 1 amide bonds. The first-order valence-electron chi connectivity index (χ1n) is 7.60. The van der Waals surface area contributed by atoms with Gasteiger partial charge < -0.3 is 14.5 Å². The van der Waals surface area contributed by atoms with Crippen LogP contribution in [0.15, 0.2) is 65.1 Å². The predicted molar refractivity (Wildman–Crippen MR) is 92.9 cm³/mol. The molecule has 1 heterocycles. The van der Waals surface area contributed by atoms with Crippen molar-refractivity contribution < 1.29 is 18.3 Å². The van der Waals surface area contributed by atoms with Gasteiger partial charge in [0, 0.05) is 16.7 Å². The summed E-state index contributed by atoms with van der Waals surface area (Å²) in [6, 6.07) is 16.5. The van der Waals surface area contributed by atoms with Crippen LogP contribution in [0.2, 0.25) is 5.02 Å². The molecule has 0 atom stereocenters. The highest BCUT2D eigenvalue weighted by Crippen LogP contribution is 2.23. The molecule has 0 aliphatic carbocycles. The summed E-state index contributed by atoms with van der Waals surface area (Å²) >= 11 is 5.86. The molecular weight excluding hydrogens is 345 g/mol. The van der Waals surface area contributed by atoms with Gasteiger partial charge in [0.1, 0.15) is 23.1 Å². The Morgan fingerprint density at radius 2 is 1.92 bits per heavy atom. The fourth-order valence-electron chi connectivity index (χ4n) is 2.18. The number of ether oxygens (including phenoxy) is 1. The molecule has 0 radical (unpaired) electrons. The number of halogens is 2. The zero-order chi connectivity index (χ0) is 17.6. The third-order valence-electron chi connectivity index (χ3n) is 3.42. The van der Waals surface area contributed by atoms with Crippen LogP contribution in [0.25, 0.3) is 11.3 Å². The number of rotatable bonds is 6. The second kappa shape index (κ2) is 7.85. The molecule has 128 valence electrons. The lowest BCUT2D eigenvalue weighted by molar-refractivity contribution is -0.123. The van der Waals surface area contributed by atoms with Crippen molar-refractivity contribution in [2.45, 2.75) is 6.54 Å². The Labute approximate surface area is 149 Å². The Kier molecular flexibility index (Phi) is 5.36. The van der Waals surface area contributed by atoms with Gasteiger partial charge in [0.15, 0.2) is 6.61 Å². The van der Waals surface area contributed by atoms with Crippen LogP contribution in [0.3, 0.4) is 0 Å². The normalized spacial score (nSPS) is 10.5. The molecule has 0 aliphatic heterocycles. The number of carbonyl (C=O) groups excluding carboxylic acids is 1. The standard InChI is InChI=1S/C19H15ClFNO3/c20-14-6-4-13(5-7-14)18-9-8-17(25-18)11-22-19(23)12-24-16-3-1-2-15(21)10-16/h1-10H,11-12H2,(H,22,23). The average molecular weight is 360 g/mol. The second-order valence-electron chi connectivity index (χ2n) is 5.30. The van der Waals surface area contributed by atoms with E-state index in [0.717, 1.165) is 5.56 Å². The molecule has 4 nitrogen and oxygen atoms in total. The number of hydrogen-bond acceptors (Lipinski definition) is 3. The van der Waals surface area contributed by atoms with E-state index in [1.165, 1.54) is 18.2 Å². The molecule has 1 aromatic heterocycles. The maximum atomic E-state index is 13.0. The van der Waals surface area contributed by atoms with Gasteiger partial charge in [-0.2, -0.15) is 0 Å². The Bertz CT molecular complexity index is 861. The van der Waals surface area contributed by atoms with E-state index in [1.807, 2.05) is 18.2 Å². The van der Waals surface area contributed by atoms with Crippen molar-refractivity contribution in [3.8, 4) is 17.1 Å². The van der Waals surface area contributed by atoms with E-state index in [4.69, 9.17) is 20.8 Å². The third kappa shape index (κ3) is 4.84. The van der Waals surface area contributed by atoms with Gasteiger partial charge in [0.05, 0.1) is 6.54 Å². The highest BCUT2D eigenvalue weighted by molar-refractivity contribution is 6.30. The highest BCUT2D eigenvalue weighted by Gasteiger charge is 2.08. The van der Waals surface area contributed by atoms with Crippen LogP contribution in [0.5, 0.6) is 5.75 Å². The number of hydrogen-bond donors (Lipinski definition) is 1. The van der Waals surface area contributed by atoms with E-state index in [-0.39, 0.29) is 19.1 Å². The zero-order valence-electron chi connectivity index (χ0n) is 13.2. The van der Waals surface area contributed by atoms with Crippen molar-refractivity contribution in [1.29, 1.82) is 0 Å². The Hall–Kier alpha value is -2.79. The lowest BCUT2D eigenvalue weighted by Gasteiger charge is -2.06. The predicted octanol–water partition coefficient (Wildman–Crippen LogP) is 4.43. The topological polar surface area (TPSA) is 51.5 Å². The minimum absolute atomic E-state index is 0.200. The molecule has 25 heavy (non-hydrogen) atoms. The fourth-order valence-corrected chi connectivity index (χ4v) is 2.31. The van der Waals surface area contributed by atoms with Gasteiger partial charge in [-0.25, -0.2) is 4.39 Å². The number of amides is 1. The maximum absolute atomic E-state index is 13.0. The summed E-state index contributed by atoms with van der Waals surface area (Å²) in [4.78, 5) is 11.8. The maximum Gasteiger partial charge on any atom is 0.258 e. The highest BCUT2D eigenvalue weighted by atomic mass is 35.5. The monoisotopic (exact) mass is 359 g/mol. The number of carbonyl (C=O) groups is 1. The van der Waals surface area contributed by atoms with E-state index < -0.39 is 5.82 Å². The van der Waals surface area contributed by atoms with E-state index in [9.17, 15) is 9.18 Å². The number of nitrogens with one attached hydrogen (secondary N) is 1. The largest absolute Gasteiger partial charge is 0.484 e. The van der Waals surface area contributed by atoms with E-state index >= 15 is 0 Å². The minimum atomic E-state index is -0.414. The molecule has 3 rings (SSSR count). The third-order valence-corrected chi connectivity index (χ3v) is 3.67. The van der Waals surface area contributed by atoms with Crippen LogP contribution in [0, 0.1) is 5.82 Å². The molecule has 3 aromatic rings. The summed E-state index contributed by atoms with van der Waals surface area (Å²) in [5.74, 6) is 0.871. The summed E-state index contributed by atoms with van der Waals surface area (Å²) in [7, 11) is 0. The quantitative estimate of drug-likeness (QED) is 0.708. The Balaban J connectivity index is 1.50. The van der Waals surface area contributed by atoms with E-state index in [0.29, 0.717) is 22.3 Å². The van der Waals surface area contributed by atoms with Crippen molar-refractivity contribution in [2.24, 2.45) is 0 Å². The SMILES string of the molecule is O=C(COc1cccc(F)c1)NCc1ccc(-c2ccc(Cl)cc2)o1. The van der Waals surface area contributed by atoms with E-state index in [1.54, 1.807) is 24.3 Å². The fraction of sp³-hybridized carbons (Fsp3) is 0.105. The van der Waals surface area contributed by atoms with Crippen LogP contribution in [-0.2, 0) is 11.3 Å². The number of furan rings is 1. The van der Waals surface area contributed by atoms with Crippen LogP contribution >= 0.6 is 11.6 Å². The average Bonchev–Trinajstić information content (AvgIpc) is 3.08. The van der Waals surface area contributed by atoms with Crippen molar-refractivity contribution in [3.63, 3.8) is 0 Å². The van der Waals surface area contributed by atoms with Crippen molar-refractivity contribution in [2.75, 3.05) is 6.61 Å². The summed E-state index contributed by atoms with van der Waals surface area (Å²) < 4.78 is 23.9. The minimum Gasteiger partial charge on any atom is -0.484 e. The summed E-state index contributed by atoms with van der Waals surface area (Å²) in [6.45, 7) is 0.0349. The van der Waals surface area contributed by atoms with Gasteiger partial charge in [-0.15, -0.1) is 0 Å². The lowest BCUT2D eigenvalue weighted by Crippen LogP contribution is -2.28. The zero-order valence-corrected chi connectivity index (χ0v) is 13.9. The molecule has 2 aromatic carbocycles. The Morgan fingerprint density at radius 3 is 2.68 bits per heavy atom. The molecule has 0 spiro atoms. The van der Waals surface area contributed by atoms with Crippen molar-refractivity contribution in [3.05, 3.63) is 77.3 Å². The van der Waals surface area contributed by atoms with Crippen molar-refractivity contribution >= 4 is 17.5 Å². The first-order chi connectivity index (χ1) is 12.1. The van der Waals surface area contributed by atoms with Gasteiger partial charge in [0.2, 0.25) is 0 Å². The first-order valence-corrected chi connectivity index (χ1v) is 7.98. The molecular formula is C19H15ClFNO3. The number of benzene rings is 2. The van der Waals surface area contributed by atoms with Crippen LogP contribution < -0.4 is 10.1 Å². The van der Waals surface area contributed by atoms with E-state index in [2.05, 4.69) is 5.32 Å². The molecule has 0 unspecified atom stereocenters. The van der Waals surface area contributed by atoms with Gasteiger partial charge in [-0.05, 0) is 48.5 Å². The molecule has 0 saturated heterocycles. The molecule has 0 aliphatic rings. The molecule has 0 saturated carbocycles. The Morgan fingerprint density at radius 1 is 1.12 bits per heavy atom. The molecule has 6 heteroatoms. The van der Waals surface area contributed by atoms with Gasteiger partial charge in [-0.1, -0.05) is 17.7 Å². The summed E-state index contributed by atoms with van der Waals surface area (Å²) in [6.07, 6.45) is 0. The first kappa shape index (κ1) is 17.0. The van der Waals surface area contributed by atoms with Crippen LogP contribution in [0.1, 0.15) is 5.76 Å². The van der Waals surface area contributed by atoms with Gasteiger partial charge >= 0.3 is 0 Å². The van der Waals surface area contributed by atoms with Crippen LogP contribution in [-0.4, -0.2) is 12.5 Å². The smallest absolute Gasteiger partial charge is 0.258 e. The summed E-state index contributed by atoms with van der Waals surface area (Å²) in [5.41, 5.74) is 0.899. The summed E-state index contributed by atoms with van der Waals surface area (Å²) in [5, 5.41) is 3.34. The molecule has 1 N–H and O–H groups in total. The van der Waals surface area contributed by atoms with Gasteiger partial charge in [-0.3, -0.25) is 4.79 Å².